The van der Waals surface area contributed by atoms with E-state index in [2.05, 4.69) is 15.2 Å². The number of carbonyl (C=O) groups is 2. The van der Waals surface area contributed by atoms with Crippen LogP contribution in [0.15, 0.2) is 73.1 Å². The first-order valence-corrected chi connectivity index (χ1v) is 10.7. The van der Waals surface area contributed by atoms with Gasteiger partial charge in [0.15, 0.2) is 0 Å². The number of aromatic nitrogens is 1. The number of nitrogens with zero attached hydrogens (tertiary/aromatic N) is 2. The minimum atomic E-state index is -0.951. The van der Waals surface area contributed by atoms with Crippen LogP contribution in [-0.2, 0) is 15.1 Å². The van der Waals surface area contributed by atoms with Crippen LogP contribution in [-0.4, -0.2) is 34.2 Å². The van der Waals surface area contributed by atoms with Crippen LogP contribution in [0, 0.1) is 11.8 Å². The summed E-state index contributed by atoms with van der Waals surface area (Å²) in [6.07, 6.45) is 13.4. The second-order valence-corrected chi connectivity index (χ2v) is 8.65. The molecule has 6 rings (SSSR count). The Hall–Kier alpha value is -3.05. The number of allylic oxidation sites excluding steroid dienone is 4. The lowest BCUT2D eigenvalue weighted by atomic mass is 9.68. The molecule has 0 bridgehead atoms. The first-order valence-electron chi connectivity index (χ1n) is 10.7. The quantitative estimate of drug-likeness (QED) is 0.862. The molecule has 1 N–H and O–H groups in total. The topological polar surface area (TPSA) is 62.3 Å². The largest absolute Gasteiger partial charge is 0.324 e. The van der Waals surface area contributed by atoms with Gasteiger partial charge in [0.25, 0.3) is 0 Å². The Balaban J connectivity index is 1.61. The Kier molecular flexibility index (Phi) is 3.84. The molecule has 4 heterocycles. The molecule has 2 fully saturated rings. The number of benzene rings is 1. The van der Waals surface area contributed by atoms with Crippen molar-refractivity contribution in [1.82, 2.24) is 9.88 Å². The maximum Gasteiger partial charge on any atom is 0.250 e. The number of hydrogen-bond donors (Lipinski definition) is 1. The summed E-state index contributed by atoms with van der Waals surface area (Å²) < 4.78 is 0. The number of carbonyl (C=O) groups excluding carboxylic acids is 2. The monoisotopic (exact) mass is 397 g/mol. The van der Waals surface area contributed by atoms with Gasteiger partial charge >= 0.3 is 0 Å². The Bertz CT molecular complexity index is 1080. The van der Waals surface area contributed by atoms with E-state index in [9.17, 15) is 9.59 Å². The number of nitrogens with one attached hydrogen (secondary N) is 1. The first-order chi connectivity index (χ1) is 14.7. The molecule has 1 unspecified atom stereocenters. The molecule has 2 aromatic rings. The van der Waals surface area contributed by atoms with E-state index in [-0.39, 0.29) is 29.6 Å². The van der Waals surface area contributed by atoms with Gasteiger partial charge in [-0.05, 0) is 43.1 Å². The van der Waals surface area contributed by atoms with E-state index in [4.69, 9.17) is 0 Å². The van der Waals surface area contributed by atoms with Crippen LogP contribution in [0.1, 0.15) is 29.9 Å². The van der Waals surface area contributed by atoms with Crippen molar-refractivity contribution in [3.8, 4) is 0 Å². The number of amides is 1. The molecule has 4 aliphatic rings. The molecule has 1 amide bonds. The average Bonchev–Trinajstić information content (AvgIpc) is 3.54. The molecule has 5 nitrogen and oxygen atoms in total. The Labute approximate surface area is 175 Å². The highest BCUT2D eigenvalue weighted by molar-refractivity contribution is 6.10. The van der Waals surface area contributed by atoms with Gasteiger partial charge in [-0.3, -0.25) is 19.5 Å². The average molecular weight is 397 g/mol. The Morgan fingerprint density at radius 3 is 2.67 bits per heavy atom. The van der Waals surface area contributed by atoms with Crippen LogP contribution in [0.3, 0.4) is 0 Å². The highest BCUT2D eigenvalue weighted by Crippen LogP contribution is 2.61. The van der Waals surface area contributed by atoms with Crippen molar-refractivity contribution in [1.29, 1.82) is 0 Å². The SMILES string of the molecule is O=C(C1C=CC=C1)[C@H]1[C@H](c2ccncc2)C2CCCN2[C@]12C(=O)Nc1ccccc12. The lowest BCUT2D eigenvalue weighted by molar-refractivity contribution is -0.137. The fraction of sp³-hybridized carbons (Fsp3) is 0.320. The molecule has 0 radical (unpaired) electrons. The zero-order chi connectivity index (χ0) is 20.3. The predicted octanol–water partition coefficient (Wildman–Crippen LogP) is 3.42. The summed E-state index contributed by atoms with van der Waals surface area (Å²) in [4.78, 5) is 34.3. The summed E-state index contributed by atoms with van der Waals surface area (Å²) in [6, 6.07) is 12.1. The fourth-order valence-corrected chi connectivity index (χ4v) is 6.33. The molecule has 1 aromatic heterocycles. The second kappa shape index (κ2) is 6.47. The van der Waals surface area contributed by atoms with Crippen LogP contribution in [0.2, 0.25) is 0 Å². The fourth-order valence-electron chi connectivity index (χ4n) is 6.33. The van der Waals surface area contributed by atoms with Crippen LogP contribution in [0.5, 0.6) is 0 Å². The zero-order valence-electron chi connectivity index (χ0n) is 16.6. The van der Waals surface area contributed by atoms with E-state index in [0.29, 0.717) is 0 Å². The van der Waals surface area contributed by atoms with Gasteiger partial charge < -0.3 is 5.32 Å². The second-order valence-electron chi connectivity index (χ2n) is 8.65. The van der Waals surface area contributed by atoms with E-state index in [1.54, 1.807) is 12.4 Å². The summed E-state index contributed by atoms with van der Waals surface area (Å²) in [6.45, 7) is 0.828. The molecule has 5 heteroatoms. The van der Waals surface area contributed by atoms with Crippen molar-refractivity contribution in [2.45, 2.75) is 30.3 Å². The van der Waals surface area contributed by atoms with Gasteiger partial charge in [0.05, 0.1) is 11.8 Å². The van der Waals surface area contributed by atoms with Crippen molar-refractivity contribution >= 4 is 17.4 Å². The minimum Gasteiger partial charge on any atom is -0.324 e. The summed E-state index contributed by atoms with van der Waals surface area (Å²) >= 11 is 0. The number of fused-ring (bicyclic) bond motifs is 4. The lowest BCUT2D eigenvalue weighted by Gasteiger charge is -2.37. The molecule has 4 atom stereocenters. The van der Waals surface area contributed by atoms with Crippen LogP contribution >= 0.6 is 0 Å². The van der Waals surface area contributed by atoms with Gasteiger partial charge in [0, 0.05) is 35.6 Å². The number of rotatable bonds is 3. The predicted molar refractivity (Wildman–Crippen MR) is 114 cm³/mol. The molecular formula is C25H23N3O2. The maximum atomic E-state index is 14.1. The van der Waals surface area contributed by atoms with Crippen molar-refractivity contribution in [3.05, 3.63) is 84.2 Å². The van der Waals surface area contributed by atoms with Gasteiger partial charge in [-0.15, -0.1) is 0 Å². The molecule has 3 aliphatic heterocycles. The standard InChI is InChI=1S/C25H23N3O2/c29-23(17-6-1-2-7-17)22-21(16-11-13-26-14-12-16)20-10-5-15-28(20)25(22)18-8-3-4-9-19(18)27-24(25)30/h1-4,6-9,11-14,17,20-22H,5,10,15H2,(H,27,30)/t20?,21-,22-,25+/m1/s1. The van der Waals surface area contributed by atoms with E-state index >= 15 is 0 Å². The third-order valence-electron chi connectivity index (χ3n) is 7.38. The summed E-state index contributed by atoms with van der Waals surface area (Å²) in [5.74, 6) is -0.704. The van der Waals surface area contributed by atoms with E-state index in [1.807, 2.05) is 60.7 Å². The Morgan fingerprint density at radius 2 is 1.87 bits per heavy atom. The van der Waals surface area contributed by atoms with Crippen molar-refractivity contribution in [3.63, 3.8) is 0 Å². The first kappa shape index (κ1) is 17.8. The summed E-state index contributed by atoms with van der Waals surface area (Å²) in [5, 5.41) is 3.11. The van der Waals surface area contributed by atoms with Crippen molar-refractivity contribution in [2.75, 3.05) is 11.9 Å². The number of Topliss-reactive ketones (excluding diaryl/α,β-unsaturated/α-hetero) is 1. The molecule has 30 heavy (non-hydrogen) atoms. The number of ketones is 1. The maximum absolute atomic E-state index is 14.1. The number of anilines is 1. The Morgan fingerprint density at radius 1 is 1.10 bits per heavy atom. The normalized spacial score (nSPS) is 32.0. The molecule has 0 saturated carbocycles. The summed E-state index contributed by atoms with van der Waals surface area (Å²) in [7, 11) is 0. The molecule has 150 valence electrons. The van der Waals surface area contributed by atoms with E-state index in [0.717, 1.165) is 36.2 Å². The van der Waals surface area contributed by atoms with E-state index in [1.165, 1.54) is 0 Å². The lowest BCUT2D eigenvalue weighted by Crippen LogP contribution is -2.53. The molecule has 1 aromatic carbocycles. The van der Waals surface area contributed by atoms with Gasteiger partial charge in [-0.2, -0.15) is 0 Å². The molecular weight excluding hydrogens is 374 g/mol. The van der Waals surface area contributed by atoms with Gasteiger partial charge in [-0.25, -0.2) is 0 Å². The third kappa shape index (κ3) is 2.18. The van der Waals surface area contributed by atoms with E-state index < -0.39 is 11.5 Å². The number of para-hydroxylation sites is 1. The zero-order valence-corrected chi connectivity index (χ0v) is 16.6. The van der Waals surface area contributed by atoms with Gasteiger partial charge in [-0.1, -0.05) is 42.5 Å². The smallest absolute Gasteiger partial charge is 0.250 e. The highest BCUT2D eigenvalue weighted by Gasteiger charge is 2.69. The third-order valence-corrected chi connectivity index (χ3v) is 7.38. The molecule has 1 aliphatic carbocycles. The van der Waals surface area contributed by atoms with Gasteiger partial charge in [0.1, 0.15) is 11.3 Å². The van der Waals surface area contributed by atoms with Crippen molar-refractivity contribution < 1.29 is 9.59 Å². The van der Waals surface area contributed by atoms with Crippen molar-refractivity contribution in [2.24, 2.45) is 11.8 Å². The summed E-state index contributed by atoms with van der Waals surface area (Å²) in [5.41, 5.74) is 1.93. The van der Waals surface area contributed by atoms with Crippen LogP contribution < -0.4 is 5.32 Å². The van der Waals surface area contributed by atoms with Gasteiger partial charge in [0.2, 0.25) is 5.91 Å². The number of pyridine rings is 1. The molecule has 1 spiro atoms. The highest BCUT2D eigenvalue weighted by atomic mass is 16.2. The van der Waals surface area contributed by atoms with Crippen LogP contribution in [0.25, 0.3) is 0 Å². The number of hydrogen-bond acceptors (Lipinski definition) is 4. The minimum absolute atomic E-state index is 0.0395. The van der Waals surface area contributed by atoms with Crippen LogP contribution in [0.4, 0.5) is 5.69 Å². The molecule has 2 saturated heterocycles.